The van der Waals surface area contributed by atoms with E-state index in [1.54, 1.807) is 7.11 Å². The zero-order chi connectivity index (χ0) is 13.9. The molecule has 5 nitrogen and oxygen atoms in total. The van der Waals surface area contributed by atoms with Gasteiger partial charge in [0.25, 0.3) is 5.91 Å². The molecule has 0 saturated heterocycles. The minimum Gasteiger partial charge on any atom is -0.385 e. The number of aromatic nitrogens is 1. The summed E-state index contributed by atoms with van der Waals surface area (Å²) in [4.78, 5) is 15.8. The summed E-state index contributed by atoms with van der Waals surface area (Å²) in [6.45, 7) is 1.39. The fourth-order valence-corrected chi connectivity index (χ4v) is 2.24. The lowest BCUT2D eigenvalue weighted by atomic mass is 10.0. The first-order valence-electron chi connectivity index (χ1n) is 6.25. The van der Waals surface area contributed by atoms with Crippen LogP contribution in [0.15, 0.2) is 12.1 Å². The SMILES string of the molecule is COCCC1(CNC(=O)c2cc(N)nc(Cl)c2)CC1. The Labute approximate surface area is 117 Å². The van der Waals surface area contributed by atoms with Crippen LogP contribution in [0.5, 0.6) is 0 Å². The van der Waals surface area contributed by atoms with Gasteiger partial charge in [-0.15, -0.1) is 0 Å². The average Bonchev–Trinajstić information content (AvgIpc) is 3.13. The Kier molecular flexibility index (Phi) is 4.27. The van der Waals surface area contributed by atoms with Crippen molar-refractivity contribution in [2.45, 2.75) is 19.3 Å². The molecule has 1 aliphatic carbocycles. The first-order valence-corrected chi connectivity index (χ1v) is 6.63. The van der Waals surface area contributed by atoms with Crippen LogP contribution in [0.2, 0.25) is 5.15 Å². The molecule has 1 heterocycles. The smallest absolute Gasteiger partial charge is 0.251 e. The molecule has 1 amide bonds. The summed E-state index contributed by atoms with van der Waals surface area (Å²) in [6.07, 6.45) is 3.24. The Morgan fingerprint density at radius 1 is 1.58 bits per heavy atom. The Bertz CT molecular complexity index is 455. The maximum atomic E-state index is 12.0. The predicted molar refractivity (Wildman–Crippen MR) is 74.2 cm³/mol. The highest BCUT2D eigenvalue weighted by Crippen LogP contribution is 2.48. The highest BCUT2D eigenvalue weighted by atomic mass is 35.5. The van der Waals surface area contributed by atoms with Crippen LogP contribution in [0.1, 0.15) is 29.6 Å². The van der Waals surface area contributed by atoms with Crippen LogP contribution < -0.4 is 11.1 Å². The monoisotopic (exact) mass is 283 g/mol. The number of rotatable bonds is 6. The predicted octanol–water partition coefficient (Wildman–Crippen LogP) is 1.86. The minimum atomic E-state index is -0.167. The van der Waals surface area contributed by atoms with Gasteiger partial charge in [0.15, 0.2) is 0 Å². The van der Waals surface area contributed by atoms with Crippen molar-refractivity contribution in [3.05, 3.63) is 22.8 Å². The standard InChI is InChI=1S/C13H18ClN3O2/c1-19-5-4-13(2-3-13)8-16-12(18)9-6-10(14)17-11(15)7-9/h6-7H,2-5,8H2,1H3,(H2,15,17)(H,16,18). The van der Waals surface area contributed by atoms with E-state index < -0.39 is 0 Å². The van der Waals surface area contributed by atoms with Crippen LogP contribution in [0.3, 0.4) is 0 Å². The van der Waals surface area contributed by atoms with Gasteiger partial charge in [0.05, 0.1) is 0 Å². The number of pyridine rings is 1. The minimum absolute atomic E-state index is 0.167. The summed E-state index contributed by atoms with van der Waals surface area (Å²) in [5.41, 5.74) is 6.23. The Morgan fingerprint density at radius 2 is 2.32 bits per heavy atom. The van der Waals surface area contributed by atoms with Crippen molar-refractivity contribution in [1.82, 2.24) is 10.3 Å². The lowest BCUT2D eigenvalue weighted by Crippen LogP contribution is -2.30. The topological polar surface area (TPSA) is 77.2 Å². The molecular weight excluding hydrogens is 266 g/mol. The van der Waals surface area contributed by atoms with Crippen LogP contribution in [0.25, 0.3) is 0 Å². The second-order valence-electron chi connectivity index (χ2n) is 5.03. The fraction of sp³-hybridized carbons (Fsp3) is 0.538. The molecule has 2 rings (SSSR count). The summed E-state index contributed by atoms with van der Waals surface area (Å²) in [7, 11) is 1.69. The molecule has 0 spiro atoms. The third-order valence-corrected chi connectivity index (χ3v) is 3.69. The maximum absolute atomic E-state index is 12.0. The second kappa shape index (κ2) is 5.75. The summed E-state index contributed by atoms with van der Waals surface area (Å²) in [5, 5.41) is 3.16. The summed E-state index contributed by atoms with van der Waals surface area (Å²) in [5.74, 6) is 0.0814. The molecule has 0 aromatic carbocycles. The van der Waals surface area contributed by atoms with Crippen molar-refractivity contribution in [1.29, 1.82) is 0 Å². The number of carbonyl (C=O) groups is 1. The van der Waals surface area contributed by atoms with Gasteiger partial charge < -0.3 is 15.8 Å². The van der Waals surface area contributed by atoms with Gasteiger partial charge in [-0.05, 0) is 36.8 Å². The highest BCUT2D eigenvalue weighted by Gasteiger charge is 2.42. The number of methoxy groups -OCH3 is 1. The van der Waals surface area contributed by atoms with Crippen molar-refractivity contribution >= 4 is 23.3 Å². The van der Waals surface area contributed by atoms with Gasteiger partial charge in [0.1, 0.15) is 11.0 Å². The summed E-state index contributed by atoms with van der Waals surface area (Å²) >= 11 is 5.78. The van der Waals surface area contributed by atoms with E-state index in [4.69, 9.17) is 22.1 Å². The van der Waals surface area contributed by atoms with Gasteiger partial charge >= 0.3 is 0 Å². The largest absolute Gasteiger partial charge is 0.385 e. The van der Waals surface area contributed by atoms with Crippen LogP contribution in [-0.2, 0) is 4.74 Å². The fourth-order valence-electron chi connectivity index (χ4n) is 2.03. The van der Waals surface area contributed by atoms with Crippen LogP contribution in [0.4, 0.5) is 5.82 Å². The Morgan fingerprint density at radius 3 is 2.89 bits per heavy atom. The first-order chi connectivity index (χ1) is 9.04. The molecule has 0 unspecified atom stereocenters. The first kappa shape index (κ1) is 14.1. The number of nitrogens with two attached hydrogens (primary N) is 1. The molecule has 1 saturated carbocycles. The van der Waals surface area contributed by atoms with Crippen molar-refractivity contribution in [3.63, 3.8) is 0 Å². The summed E-state index contributed by atoms with van der Waals surface area (Å²) in [6, 6.07) is 3.04. The van der Waals surface area contributed by atoms with E-state index in [-0.39, 0.29) is 22.3 Å². The number of ether oxygens (including phenoxy) is 1. The molecule has 19 heavy (non-hydrogen) atoms. The Balaban J connectivity index is 1.91. The number of anilines is 1. The van der Waals surface area contributed by atoms with Gasteiger partial charge in [0, 0.05) is 25.8 Å². The molecule has 0 bridgehead atoms. The Hall–Kier alpha value is -1.33. The zero-order valence-electron chi connectivity index (χ0n) is 10.9. The molecule has 6 heteroatoms. The lowest BCUT2D eigenvalue weighted by molar-refractivity contribution is 0.0938. The number of carbonyl (C=O) groups excluding carboxylic acids is 1. The van der Waals surface area contributed by atoms with Crippen LogP contribution in [0, 0.1) is 5.41 Å². The molecule has 104 valence electrons. The lowest BCUT2D eigenvalue weighted by Gasteiger charge is -2.15. The quantitative estimate of drug-likeness (QED) is 0.781. The van der Waals surface area contributed by atoms with Crippen molar-refractivity contribution in [2.24, 2.45) is 5.41 Å². The van der Waals surface area contributed by atoms with Crippen LogP contribution in [-0.4, -0.2) is 31.2 Å². The van der Waals surface area contributed by atoms with E-state index >= 15 is 0 Å². The number of nitrogens with one attached hydrogen (secondary N) is 1. The number of hydrogen-bond acceptors (Lipinski definition) is 4. The molecule has 0 radical (unpaired) electrons. The molecule has 0 aliphatic heterocycles. The molecule has 1 aliphatic rings. The number of hydrogen-bond donors (Lipinski definition) is 2. The van der Waals surface area contributed by atoms with E-state index in [0.717, 1.165) is 25.9 Å². The molecular formula is C13H18ClN3O2. The van der Waals surface area contributed by atoms with E-state index in [0.29, 0.717) is 12.1 Å². The van der Waals surface area contributed by atoms with E-state index in [2.05, 4.69) is 10.3 Å². The third-order valence-electron chi connectivity index (χ3n) is 3.49. The van der Waals surface area contributed by atoms with Crippen molar-refractivity contribution in [3.8, 4) is 0 Å². The normalized spacial score (nSPS) is 16.1. The number of nitrogen functional groups attached to an aromatic ring is 1. The van der Waals surface area contributed by atoms with Gasteiger partial charge in [0.2, 0.25) is 0 Å². The molecule has 3 N–H and O–H groups in total. The van der Waals surface area contributed by atoms with Gasteiger partial charge in [-0.3, -0.25) is 4.79 Å². The van der Waals surface area contributed by atoms with E-state index in [1.165, 1.54) is 12.1 Å². The number of amides is 1. The zero-order valence-corrected chi connectivity index (χ0v) is 11.7. The molecule has 1 aromatic rings. The van der Waals surface area contributed by atoms with Crippen molar-refractivity contribution in [2.75, 3.05) is 26.0 Å². The average molecular weight is 284 g/mol. The molecule has 1 fully saturated rings. The second-order valence-corrected chi connectivity index (χ2v) is 5.42. The van der Waals surface area contributed by atoms with Gasteiger partial charge in [-0.2, -0.15) is 0 Å². The highest BCUT2D eigenvalue weighted by molar-refractivity contribution is 6.29. The van der Waals surface area contributed by atoms with E-state index in [1.807, 2.05) is 0 Å². The maximum Gasteiger partial charge on any atom is 0.251 e. The number of nitrogens with zero attached hydrogens (tertiary/aromatic N) is 1. The van der Waals surface area contributed by atoms with E-state index in [9.17, 15) is 4.79 Å². The van der Waals surface area contributed by atoms with Crippen molar-refractivity contribution < 1.29 is 9.53 Å². The summed E-state index contributed by atoms with van der Waals surface area (Å²) < 4.78 is 5.09. The number of halogens is 1. The molecule has 0 atom stereocenters. The van der Waals surface area contributed by atoms with Gasteiger partial charge in [-0.25, -0.2) is 4.98 Å². The molecule has 1 aromatic heterocycles. The third kappa shape index (κ3) is 3.81. The van der Waals surface area contributed by atoms with Crippen LogP contribution >= 0.6 is 11.6 Å². The van der Waals surface area contributed by atoms with Gasteiger partial charge in [-0.1, -0.05) is 11.6 Å².